The van der Waals surface area contributed by atoms with Crippen LogP contribution in [0.4, 0.5) is 0 Å². The minimum atomic E-state index is -3.53. The van der Waals surface area contributed by atoms with Crippen molar-refractivity contribution in [1.82, 2.24) is 9.29 Å². The van der Waals surface area contributed by atoms with Gasteiger partial charge in [0, 0.05) is 19.3 Å². The van der Waals surface area contributed by atoms with Crippen LogP contribution in [0, 0.1) is 0 Å². The lowest BCUT2D eigenvalue weighted by Crippen LogP contribution is -2.35. The van der Waals surface area contributed by atoms with Crippen molar-refractivity contribution in [3.05, 3.63) is 23.9 Å². The molecular weight excluding hydrogens is 240 g/mol. The third-order valence-electron chi connectivity index (χ3n) is 2.84. The van der Waals surface area contributed by atoms with Crippen LogP contribution in [0.2, 0.25) is 0 Å². The summed E-state index contributed by atoms with van der Waals surface area (Å²) in [6.45, 7) is 3.63. The molecule has 0 spiro atoms. The summed E-state index contributed by atoms with van der Waals surface area (Å²) in [4.78, 5) is 3.87. The van der Waals surface area contributed by atoms with Crippen molar-refractivity contribution in [2.24, 2.45) is 0 Å². The number of aromatic nitrogens is 1. The van der Waals surface area contributed by atoms with Crippen molar-refractivity contribution in [2.75, 3.05) is 7.05 Å². The van der Waals surface area contributed by atoms with Crippen LogP contribution in [0.15, 0.2) is 23.4 Å². The van der Waals surface area contributed by atoms with E-state index in [0.29, 0.717) is 5.56 Å². The zero-order valence-corrected chi connectivity index (χ0v) is 11.1. The summed E-state index contributed by atoms with van der Waals surface area (Å²) in [5.41, 5.74) is 0.593. The number of hydrogen-bond donors (Lipinski definition) is 1. The van der Waals surface area contributed by atoms with Crippen LogP contribution in [-0.2, 0) is 16.6 Å². The van der Waals surface area contributed by atoms with Gasteiger partial charge in [0.05, 0.1) is 6.61 Å². The van der Waals surface area contributed by atoms with Gasteiger partial charge in [-0.3, -0.25) is 0 Å². The molecule has 1 aromatic heterocycles. The highest BCUT2D eigenvalue weighted by Gasteiger charge is 2.25. The van der Waals surface area contributed by atoms with Crippen molar-refractivity contribution in [3.63, 3.8) is 0 Å². The Balaban J connectivity index is 3.04. The van der Waals surface area contributed by atoms with Gasteiger partial charge in [-0.25, -0.2) is 13.4 Å². The van der Waals surface area contributed by atoms with Gasteiger partial charge in [-0.1, -0.05) is 13.0 Å². The first kappa shape index (κ1) is 14.1. The van der Waals surface area contributed by atoms with E-state index in [4.69, 9.17) is 5.11 Å². The minimum absolute atomic E-state index is 0.0116. The number of hydrogen-bond acceptors (Lipinski definition) is 4. The van der Waals surface area contributed by atoms with Crippen molar-refractivity contribution in [3.8, 4) is 0 Å². The maximum Gasteiger partial charge on any atom is 0.260 e. The summed E-state index contributed by atoms with van der Waals surface area (Å²) in [5, 5.41) is 8.88. The second kappa shape index (κ2) is 5.57. The molecule has 0 aromatic carbocycles. The Morgan fingerprint density at radius 1 is 1.47 bits per heavy atom. The SMILES string of the molecule is CCC(C)N(C)S(=O)(=O)c1ccc(CO)cn1. The molecule has 0 amide bonds. The van der Waals surface area contributed by atoms with Crippen LogP contribution in [-0.4, -0.2) is 35.9 Å². The fourth-order valence-corrected chi connectivity index (χ4v) is 2.64. The molecule has 1 aromatic rings. The zero-order chi connectivity index (χ0) is 13.1. The molecule has 6 heteroatoms. The van der Waals surface area contributed by atoms with Crippen LogP contribution in [0.3, 0.4) is 0 Å². The van der Waals surface area contributed by atoms with E-state index in [1.165, 1.54) is 16.6 Å². The summed E-state index contributed by atoms with van der Waals surface area (Å²) < 4.78 is 25.6. The molecule has 17 heavy (non-hydrogen) atoms. The summed E-state index contributed by atoms with van der Waals surface area (Å²) in [6.07, 6.45) is 2.11. The number of aliphatic hydroxyl groups excluding tert-OH is 1. The molecular formula is C11H18N2O3S. The lowest BCUT2D eigenvalue weighted by Gasteiger charge is -2.22. The summed E-state index contributed by atoms with van der Waals surface area (Å²) >= 11 is 0. The van der Waals surface area contributed by atoms with Crippen LogP contribution < -0.4 is 0 Å². The smallest absolute Gasteiger partial charge is 0.260 e. The monoisotopic (exact) mass is 258 g/mol. The Hall–Kier alpha value is -0.980. The molecule has 0 radical (unpaired) electrons. The van der Waals surface area contributed by atoms with Gasteiger partial charge in [-0.15, -0.1) is 0 Å². The van der Waals surface area contributed by atoms with E-state index in [9.17, 15) is 8.42 Å². The van der Waals surface area contributed by atoms with Gasteiger partial charge >= 0.3 is 0 Å². The van der Waals surface area contributed by atoms with Crippen molar-refractivity contribution in [2.45, 2.75) is 37.9 Å². The Bertz CT molecular complexity index is 456. The predicted molar refractivity (Wildman–Crippen MR) is 64.9 cm³/mol. The van der Waals surface area contributed by atoms with Crippen LogP contribution >= 0.6 is 0 Å². The first-order chi connectivity index (χ1) is 7.93. The molecule has 1 heterocycles. The molecule has 0 aliphatic heterocycles. The van der Waals surface area contributed by atoms with E-state index >= 15 is 0 Å². The maximum atomic E-state index is 12.1. The van der Waals surface area contributed by atoms with Gasteiger partial charge in [0.25, 0.3) is 10.0 Å². The van der Waals surface area contributed by atoms with Crippen molar-refractivity contribution in [1.29, 1.82) is 0 Å². The number of sulfonamides is 1. The van der Waals surface area contributed by atoms with Gasteiger partial charge in [0.1, 0.15) is 0 Å². The van der Waals surface area contributed by atoms with Gasteiger partial charge in [-0.2, -0.15) is 4.31 Å². The number of rotatable bonds is 5. The molecule has 0 aliphatic rings. The topological polar surface area (TPSA) is 70.5 Å². The highest BCUT2D eigenvalue weighted by molar-refractivity contribution is 7.89. The second-order valence-corrected chi connectivity index (χ2v) is 5.89. The average Bonchev–Trinajstić information content (AvgIpc) is 2.36. The second-order valence-electron chi connectivity index (χ2n) is 3.94. The zero-order valence-electron chi connectivity index (χ0n) is 10.3. The highest BCUT2D eigenvalue weighted by Crippen LogP contribution is 2.15. The van der Waals surface area contributed by atoms with E-state index < -0.39 is 10.0 Å². The van der Waals surface area contributed by atoms with E-state index in [1.54, 1.807) is 13.1 Å². The lowest BCUT2D eigenvalue weighted by molar-refractivity contribution is 0.281. The molecule has 0 aliphatic carbocycles. The maximum absolute atomic E-state index is 12.1. The lowest BCUT2D eigenvalue weighted by atomic mass is 10.3. The molecule has 0 saturated heterocycles. The molecule has 1 unspecified atom stereocenters. The normalized spacial score (nSPS) is 13.9. The fourth-order valence-electron chi connectivity index (χ4n) is 1.30. The Labute approximate surface area is 102 Å². The Kier molecular flexibility index (Phi) is 4.62. The molecule has 1 rings (SSSR count). The first-order valence-electron chi connectivity index (χ1n) is 5.47. The van der Waals surface area contributed by atoms with Crippen molar-refractivity contribution < 1.29 is 13.5 Å². The quantitative estimate of drug-likeness (QED) is 0.855. The molecule has 5 nitrogen and oxygen atoms in total. The van der Waals surface area contributed by atoms with Gasteiger partial charge < -0.3 is 5.11 Å². The summed E-state index contributed by atoms with van der Waals surface area (Å²) in [7, 11) is -1.99. The molecule has 1 atom stereocenters. The van der Waals surface area contributed by atoms with Crippen molar-refractivity contribution >= 4 is 10.0 Å². The number of nitrogens with zero attached hydrogens (tertiary/aromatic N) is 2. The van der Waals surface area contributed by atoms with E-state index in [2.05, 4.69) is 4.98 Å². The summed E-state index contributed by atoms with van der Waals surface area (Å²) in [5.74, 6) is 0. The predicted octanol–water partition coefficient (Wildman–Crippen LogP) is 0.993. The molecule has 0 saturated carbocycles. The van der Waals surface area contributed by atoms with E-state index in [-0.39, 0.29) is 17.7 Å². The Morgan fingerprint density at radius 3 is 2.53 bits per heavy atom. The standard InChI is InChI=1S/C11H18N2O3S/c1-4-9(2)13(3)17(15,16)11-6-5-10(8-14)7-12-11/h5-7,9,14H,4,8H2,1-3H3. The third-order valence-corrected chi connectivity index (χ3v) is 4.72. The first-order valence-corrected chi connectivity index (χ1v) is 6.91. The number of aliphatic hydroxyl groups is 1. The highest BCUT2D eigenvalue weighted by atomic mass is 32.2. The van der Waals surface area contributed by atoms with Gasteiger partial charge in [0.2, 0.25) is 0 Å². The molecule has 96 valence electrons. The van der Waals surface area contributed by atoms with Crippen LogP contribution in [0.1, 0.15) is 25.8 Å². The average molecular weight is 258 g/mol. The third kappa shape index (κ3) is 3.02. The Morgan fingerprint density at radius 2 is 2.12 bits per heavy atom. The van der Waals surface area contributed by atoms with Gasteiger partial charge in [-0.05, 0) is 25.0 Å². The summed E-state index contributed by atoms with van der Waals surface area (Å²) in [6, 6.07) is 2.91. The molecule has 0 bridgehead atoms. The largest absolute Gasteiger partial charge is 0.392 e. The fraction of sp³-hybridized carbons (Fsp3) is 0.545. The minimum Gasteiger partial charge on any atom is -0.392 e. The van der Waals surface area contributed by atoms with E-state index in [1.807, 2.05) is 13.8 Å². The van der Waals surface area contributed by atoms with E-state index in [0.717, 1.165) is 6.42 Å². The van der Waals surface area contributed by atoms with Crippen LogP contribution in [0.5, 0.6) is 0 Å². The molecule has 1 N–H and O–H groups in total. The van der Waals surface area contributed by atoms with Crippen LogP contribution in [0.25, 0.3) is 0 Å². The number of pyridine rings is 1. The van der Waals surface area contributed by atoms with Gasteiger partial charge in [0.15, 0.2) is 5.03 Å². The molecule has 0 fully saturated rings.